The third-order valence-corrected chi connectivity index (χ3v) is 3.43. The zero-order valence-electron chi connectivity index (χ0n) is 12.2. The first-order valence-electron chi connectivity index (χ1n) is 6.87. The Labute approximate surface area is 129 Å². The molecule has 2 rings (SSSR count). The normalized spacial score (nSPS) is 10.2. The van der Waals surface area contributed by atoms with E-state index in [0.29, 0.717) is 18.7 Å². The average Bonchev–Trinajstić information content (AvgIpc) is 2.47. The van der Waals surface area contributed by atoms with Crippen LogP contribution in [0.15, 0.2) is 42.5 Å². The lowest BCUT2D eigenvalue weighted by Crippen LogP contribution is -2.10. The van der Waals surface area contributed by atoms with Gasteiger partial charge in [0.2, 0.25) is 0 Å². The van der Waals surface area contributed by atoms with Gasteiger partial charge in [0.25, 0.3) is 0 Å². The average molecular weight is 304 g/mol. The SMILES string of the molecule is CCOC(=O)c1ccccc1NCc1ccc(Cl)cc1C. The van der Waals surface area contributed by atoms with Crippen LogP contribution in [0.3, 0.4) is 0 Å². The molecule has 0 amide bonds. The van der Waals surface area contributed by atoms with Crippen molar-refractivity contribution in [2.45, 2.75) is 20.4 Å². The molecule has 0 atom stereocenters. The van der Waals surface area contributed by atoms with E-state index >= 15 is 0 Å². The quantitative estimate of drug-likeness (QED) is 0.830. The Morgan fingerprint density at radius 1 is 1.24 bits per heavy atom. The van der Waals surface area contributed by atoms with Crippen molar-refractivity contribution in [1.82, 2.24) is 0 Å². The molecule has 0 fully saturated rings. The molecule has 0 bridgehead atoms. The second-order valence-electron chi connectivity index (χ2n) is 4.69. The maximum Gasteiger partial charge on any atom is 0.340 e. The van der Waals surface area contributed by atoms with Gasteiger partial charge < -0.3 is 10.1 Å². The van der Waals surface area contributed by atoms with Gasteiger partial charge in [-0.3, -0.25) is 0 Å². The fourth-order valence-corrected chi connectivity index (χ4v) is 2.30. The van der Waals surface area contributed by atoms with E-state index in [2.05, 4.69) is 5.32 Å². The van der Waals surface area contributed by atoms with Gasteiger partial charge in [0.05, 0.1) is 12.2 Å². The number of carbonyl (C=O) groups is 1. The van der Waals surface area contributed by atoms with Crippen molar-refractivity contribution >= 4 is 23.3 Å². The van der Waals surface area contributed by atoms with Crippen LogP contribution in [0.4, 0.5) is 5.69 Å². The molecular formula is C17H18ClNO2. The number of halogens is 1. The molecule has 0 aliphatic rings. The van der Waals surface area contributed by atoms with Gasteiger partial charge in [-0.25, -0.2) is 4.79 Å². The van der Waals surface area contributed by atoms with E-state index in [1.54, 1.807) is 13.0 Å². The summed E-state index contributed by atoms with van der Waals surface area (Å²) in [5.41, 5.74) is 3.57. The number of rotatable bonds is 5. The summed E-state index contributed by atoms with van der Waals surface area (Å²) >= 11 is 5.95. The molecule has 21 heavy (non-hydrogen) atoms. The van der Waals surface area contributed by atoms with Crippen LogP contribution >= 0.6 is 11.6 Å². The summed E-state index contributed by atoms with van der Waals surface area (Å²) in [5.74, 6) is -0.312. The Balaban J connectivity index is 2.14. The zero-order valence-corrected chi connectivity index (χ0v) is 12.9. The highest BCUT2D eigenvalue weighted by molar-refractivity contribution is 6.30. The Morgan fingerprint density at radius 3 is 2.71 bits per heavy atom. The van der Waals surface area contributed by atoms with Crippen LogP contribution in [0.2, 0.25) is 5.02 Å². The number of anilines is 1. The predicted molar refractivity (Wildman–Crippen MR) is 85.9 cm³/mol. The number of esters is 1. The summed E-state index contributed by atoms with van der Waals surface area (Å²) < 4.78 is 5.06. The minimum atomic E-state index is -0.312. The summed E-state index contributed by atoms with van der Waals surface area (Å²) in [7, 11) is 0. The van der Waals surface area contributed by atoms with Gasteiger partial charge in [-0.1, -0.05) is 29.8 Å². The van der Waals surface area contributed by atoms with Crippen LogP contribution in [-0.4, -0.2) is 12.6 Å². The molecule has 1 N–H and O–H groups in total. The maximum absolute atomic E-state index is 11.9. The first-order valence-corrected chi connectivity index (χ1v) is 7.24. The van der Waals surface area contributed by atoms with E-state index < -0.39 is 0 Å². The fraction of sp³-hybridized carbons (Fsp3) is 0.235. The van der Waals surface area contributed by atoms with Crippen LogP contribution in [0, 0.1) is 6.92 Å². The summed E-state index contributed by atoms with van der Waals surface area (Å²) in [6.07, 6.45) is 0. The van der Waals surface area contributed by atoms with Gasteiger partial charge in [0, 0.05) is 17.3 Å². The van der Waals surface area contributed by atoms with Crippen LogP contribution in [0.25, 0.3) is 0 Å². The first-order chi connectivity index (χ1) is 10.1. The van der Waals surface area contributed by atoms with Gasteiger partial charge in [0.1, 0.15) is 0 Å². The van der Waals surface area contributed by atoms with Crippen molar-refractivity contribution in [1.29, 1.82) is 0 Å². The number of aryl methyl sites for hydroxylation is 1. The van der Waals surface area contributed by atoms with Crippen molar-refractivity contribution < 1.29 is 9.53 Å². The second kappa shape index (κ2) is 7.14. The monoisotopic (exact) mass is 303 g/mol. The third kappa shape index (κ3) is 3.99. The Morgan fingerprint density at radius 2 is 2.00 bits per heavy atom. The lowest BCUT2D eigenvalue weighted by atomic mass is 10.1. The molecule has 0 saturated heterocycles. The number of hydrogen-bond acceptors (Lipinski definition) is 3. The summed E-state index contributed by atoms with van der Waals surface area (Å²) in [4.78, 5) is 11.9. The third-order valence-electron chi connectivity index (χ3n) is 3.20. The summed E-state index contributed by atoms with van der Waals surface area (Å²) in [6.45, 7) is 4.80. The van der Waals surface area contributed by atoms with Crippen molar-refractivity contribution in [3.05, 3.63) is 64.2 Å². The molecule has 0 aliphatic carbocycles. The Hall–Kier alpha value is -2.00. The molecular weight excluding hydrogens is 286 g/mol. The molecule has 0 aliphatic heterocycles. The topological polar surface area (TPSA) is 38.3 Å². The lowest BCUT2D eigenvalue weighted by Gasteiger charge is -2.12. The number of para-hydroxylation sites is 1. The number of hydrogen-bond donors (Lipinski definition) is 1. The number of benzene rings is 2. The van der Waals surface area contributed by atoms with E-state index in [1.165, 1.54) is 0 Å². The smallest absolute Gasteiger partial charge is 0.340 e. The molecule has 0 unspecified atom stereocenters. The molecule has 0 radical (unpaired) electrons. The lowest BCUT2D eigenvalue weighted by molar-refractivity contribution is 0.0527. The highest BCUT2D eigenvalue weighted by Gasteiger charge is 2.11. The first kappa shape index (κ1) is 15.4. The predicted octanol–water partition coefficient (Wildman–Crippen LogP) is 4.44. The Bertz CT molecular complexity index is 640. The number of carbonyl (C=O) groups excluding carboxylic acids is 1. The van der Waals surface area contributed by atoms with Crippen molar-refractivity contribution in [2.24, 2.45) is 0 Å². The molecule has 0 saturated carbocycles. The minimum Gasteiger partial charge on any atom is -0.462 e. The van der Waals surface area contributed by atoms with Crippen LogP contribution in [-0.2, 0) is 11.3 Å². The van der Waals surface area contributed by atoms with Crippen molar-refractivity contribution in [2.75, 3.05) is 11.9 Å². The van der Waals surface area contributed by atoms with Gasteiger partial charge in [-0.05, 0) is 49.2 Å². The van der Waals surface area contributed by atoms with E-state index in [-0.39, 0.29) is 5.97 Å². The van der Waals surface area contributed by atoms with Gasteiger partial charge in [-0.15, -0.1) is 0 Å². The van der Waals surface area contributed by atoms with Crippen LogP contribution in [0.5, 0.6) is 0 Å². The van der Waals surface area contributed by atoms with E-state index in [1.807, 2.05) is 43.3 Å². The summed E-state index contributed by atoms with van der Waals surface area (Å²) in [5, 5.41) is 4.01. The highest BCUT2D eigenvalue weighted by Crippen LogP contribution is 2.20. The maximum atomic E-state index is 11.9. The standard InChI is InChI=1S/C17H18ClNO2/c1-3-21-17(20)15-6-4-5-7-16(15)19-11-13-8-9-14(18)10-12(13)2/h4-10,19H,3,11H2,1-2H3. The van der Waals surface area contributed by atoms with Crippen molar-refractivity contribution in [3.8, 4) is 0 Å². The molecule has 3 nitrogen and oxygen atoms in total. The van der Waals surface area contributed by atoms with Crippen LogP contribution in [0.1, 0.15) is 28.4 Å². The van der Waals surface area contributed by atoms with Crippen molar-refractivity contribution in [3.63, 3.8) is 0 Å². The molecule has 110 valence electrons. The fourth-order valence-electron chi connectivity index (χ4n) is 2.07. The molecule has 4 heteroatoms. The molecule has 0 heterocycles. The highest BCUT2D eigenvalue weighted by atomic mass is 35.5. The van der Waals surface area contributed by atoms with E-state index in [4.69, 9.17) is 16.3 Å². The molecule has 0 spiro atoms. The largest absolute Gasteiger partial charge is 0.462 e. The molecule has 0 aromatic heterocycles. The molecule has 2 aromatic carbocycles. The second-order valence-corrected chi connectivity index (χ2v) is 5.13. The summed E-state index contributed by atoms with van der Waals surface area (Å²) in [6, 6.07) is 13.1. The zero-order chi connectivity index (χ0) is 15.2. The van der Waals surface area contributed by atoms with E-state index in [0.717, 1.165) is 21.8 Å². The van der Waals surface area contributed by atoms with Gasteiger partial charge in [-0.2, -0.15) is 0 Å². The van der Waals surface area contributed by atoms with Gasteiger partial charge in [0.15, 0.2) is 0 Å². The van der Waals surface area contributed by atoms with Crippen LogP contribution < -0.4 is 5.32 Å². The molecule has 2 aromatic rings. The minimum absolute atomic E-state index is 0.312. The number of ether oxygens (including phenoxy) is 1. The number of nitrogens with one attached hydrogen (secondary N) is 1. The van der Waals surface area contributed by atoms with E-state index in [9.17, 15) is 4.79 Å². The Kier molecular flexibility index (Phi) is 5.23. The van der Waals surface area contributed by atoms with Gasteiger partial charge >= 0.3 is 5.97 Å².